The maximum atomic E-state index is 12.1. The van der Waals surface area contributed by atoms with Gasteiger partial charge in [-0.15, -0.1) is 0 Å². The molecule has 4 N–H and O–H groups in total. The molecular formula is C18H22N2O3. The molecule has 0 aliphatic heterocycles. The number of phenols is 1. The monoisotopic (exact) mass is 314 g/mol. The van der Waals surface area contributed by atoms with Crippen LogP contribution in [-0.2, 0) is 6.42 Å². The van der Waals surface area contributed by atoms with Crippen LogP contribution < -0.4 is 15.8 Å². The predicted octanol–water partition coefficient (Wildman–Crippen LogP) is 2.74. The lowest BCUT2D eigenvalue weighted by Gasteiger charge is -2.10. The molecular weight excluding hydrogens is 292 g/mol. The minimum atomic E-state index is -0.169. The first-order chi connectivity index (χ1) is 11.1. The van der Waals surface area contributed by atoms with Crippen LogP contribution in [0.4, 0.5) is 5.69 Å². The highest BCUT2D eigenvalue weighted by Gasteiger charge is 2.08. The molecule has 0 aliphatic rings. The zero-order chi connectivity index (χ0) is 16.7. The number of carbonyl (C=O) groups is 1. The third-order valence-corrected chi connectivity index (χ3v) is 3.37. The number of anilines is 1. The van der Waals surface area contributed by atoms with Crippen LogP contribution in [0.25, 0.3) is 0 Å². The zero-order valence-corrected chi connectivity index (χ0v) is 13.2. The smallest absolute Gasteiger partial charge is 0.251 e. The molecule has 0 saturated heterocycles. The average Bonchev–Trinajstić information content (AvgIpc) is 2.55. The fraction of sp³-hybridized carbons (Fsp3) is 0.278. The number of nitrogens with one attached hydrogen (secondary N) is 1. The van der Waals surface area contributed by atoms with Crippen molar-refractivity contribution in [3.8, 4) is 11.5 Å². The van der Waals surface area contributed by atoms with Crippen LogP contribution in [0.2, 0.25) is 0 Å². The minimum Gasteiger partial charge on any atom is -0.508 e. The highest BCUT2D eigenvalue weighted by atomic mass is 16.5. The van der Waals surface area contributed by atoms with Crippen molar-refractivity contribution in [1.29, 1.82) is 0 Å². The van der Waals surface area contributed by atoms with Gasteiger partial charge in [0.25, 0.3) is 5.91 Å². The van der Waals surface area contributed by atoms with Crippen LogP contribution in [0.5, 0.6) is 11.5 Å². The van der Waals surface area contributed by atoms with E-state index >= 15 is 0 Å². The first-order valence-corrected chi connectivity index (χ1v) is 7.68. The lowest BCUT2D eigenvalue weighted by atomic mass is 10.1. The number of hydrogen-bond donors (Lipinski definition) is 3. The van der Waals surface area contributed by atoms with Crippen LogP contribution in [-0.4, -0.2) is 24.2 Å². The van der Waals surface area contributed by atoms with Gasteiger partial charge in [0, 0.05) is 12.1 Å². The summed E-state index contributed by atoms with van der Waals surface area (Å²) in [6.45, 7) is 3.13. The summed E-state index contributed by atoms with van der Waals surface area (Å²) in [5, 5.41) is 12.1. The summed E-state index contributed by atoms with van der Waals surface area (Å²) in [6.07, 6.45) is 1.60. The second-order valence-electron chi connectivity index (χ2n) is 5.27. The number of nitrogen functional groups attached to an aromatic ring is 1. The molecule has 5 nitrogen and oxygen atoms in total. The van der Waals surface area contributed by atoms with Gasteiger partial charge < -0.3 is 20.9 Å². The van der Waals surface area contributed by atoms with Crippen molar-refractivity contribution in [2.45, 2.75) is 19.8 Å². The van der Waals surface area contributed by atoms with Crippen molar-refractivity contribution in [3.63, 3.8) is 0 Å². The lowest BCUT2D eigenvalue weighted by molar-refractivity contribution is 0.0954. The third kappa shape index (κ3) is 4.92. The Morgan fingerprint density at radius 1 is 1.22 bits per heavy atom. The molecule has 0 aliphatic carbocycles. The van der Waals surface area contributed by atoms with Gasteiger partial charge in [-0.05, 0) is 48.7 Å². The fourth-order valence-electron chi connectivity index (χ4n) is 2.12. The molecule has 0 aromatic heterocycles. The van der Waals surface area contributed by atoms with E-state index in [1.54, 1.807) is 30.3 Å². The first-order valence-electron chi connectivity index (χ1n) is 7.68. The number of carbonyl (C=O) groups excluding carboxylic acids is 1. The van der Waals surface area contributed by atoms with E-state index in [0.717, 1.165) is 12.0 Å². The molecule has 0 unspecified atom stereocenters. The van der Waals surface area contributed by atoms with Crippen LogP contribution in [0.1, 0.15) is 29.3 Å². The normalized spacial score (nSPS) is 10.3. The Hall–Kier alpha value is -2.69. The van der Waals surface area contributed by atoms with E-state index < -0.39 is 0 Å². The molecule has 0 radical (unpaired) electrons. The maximum Gasteiger partial charge on any atom is 0.251 e. The number of ether oxygens (including phenoxy) is 1. The number of hydrogen-bond acceptors (Lipinski definition) is 4. The van der Waals surface area contributed by atoms with Crippen molar-refractivity contribution in [1.82, 2.24) is 5.32 Å². The lowest BCUT2D eigenvalue weighted by Crippen LogP contribution is -2.25. The number of benzene rings is 2. The van der Waals surface area contributed by atoms with E-state index in [1.807, 2.05) is 19.1 Å². The molecule has 5 heteroatoms. The van der Waals surface area contributed by atoms with E-state index in [-0.39, 0.29) is 11.7 Å². The average molecular weight is 314 g/mol. The summed E-state index contributed by atoms with van der Waals surface area (Å²) < 4.78 is 5.49. The van der Waals surface area contributed by atoms with E-state index in [2.05, 4.69) is 5.32 Å². The SMILES string of the molecule is CCCOc1ccc(C(=O)NCCc2ccc(O)cc2)cc1N. The molecule has 0 bridgehead atoms. The summed E-state index contributed by atoms with van der Waals surface area (Å²) in [6, 6.07) is 12.0. The van der Waals surface area contributed by atoms with Gasteiger partial charge in [-0.1, -0.05) is 19.1 Å². The maximum absolute atomic E-state index is 12.1. The molecule has 23 heavy (non-hydrogen) atoms. The summed E-state index contributed by atoms with van der Waals surface area (Å²) in [7, 11) is 0. The molecule has 0 atom stereocenters. The summed E-state index contributed by atoms with van der Waals surface area (Å²) >= 11 is 0. The Balaban J connectivity index is 1.87. The van der Waals surface area contributed by atoms with Gasteiger partial charge >= 0.3 is 0 Å². The molecule has 2 aromatic rings. The topological polar surface area (TPSA) is 84.6 Å². The number of phenolic OH excluding ortho intramolecular Hbond substituents is 1. The van der Waals surface area contributed by atoms with Crippen LogP contribution in [0, 0.1) is 0 Å². The van der Waals surface area contributed by atoms with Crippen LogP contribution in [0.3, 0.4) is 0 Å². The second-order valence-corrected chi connectivity index (χ2v) is 5.27. The van der Waals surface area contributed by atoms with Crippen LogP contribution in [0.15, 0.2) is 42.5 Å². The van der Waals surface area contributed by atoms with Gasteiger partial charge in [-0.3, -0.25) is 4.79 Å². The number of amides is 1. The number of rotatable bonds is 7. The standard InChI is InChI=1S/C18H22N2O3/c1-2-11-23-17-8-5-14(12-16(17)19)18(22)20-10-9-13-3-6-15(21)7-4-13/h3-8,12,21H,2,9-11,19H2,1H3,(H,20,22). The zero-order valence-electron chi connectivity index (χ0n) is 13.2. The summed E-state index contributed by atoms with van der Waals surface area (Å²) in [4.78, 5) is 12.1. The minimum absolute atomic E-state index is 0.169. The van der Waals surface area contributed by atoms with Gasteiger partial charge in [0.15, 0.2) is 0 Å². The summed E-state index contributed by atoms with van der Waals surface area (Å²) in [5.74, 6) is 0.670. The third-order valence-electron chi connectivity index (χ3n) is 3.37. The van der Waals surface area contributed by atoms with Gasteiger partial charge in [0.2, 0.25) is 0 Å². The molecule has 0 saturated carbocycles. The molecule has 0 heterocycles. The van der Waals surface area contributed by atoms with Gasteiger partial charge in [-0.25, -0.2) is 0 Å². The van der Waals surface area contributed by atoms with E-state index in [9.17, 15) is 9.90 Å². The molecule has 2 rings (SSSR count). The Morgan fingerprint density at radius 2 is 1.96 bits per heavy atom. The second kappa shape index (κ2) is 8.08. The molecule has 0 spiro atoms. The van der Waals surface area contributed by atoms with Gasteiger partial charge in [0.05, 0.1) is 12.3 Å². The van der Waals surface area contributed by atoms with Crippen LogP contribution >= 0.6 is 0 Å². The van der Waals surface area contributed by atoms with E-state index in [4.69, 9.17) is 10.5 Å². The highest BCUT2D eigenvalue weighted by molar-refractivity contribution is 5.95. The first kappa shape index (κ1) is 16.7. The Labute approximate surface area is 136 Å². The Morgan fingerprint density at radius 3 is 2.61 bits per heavy atom. The van der Waals surface area contributed by atoms with Crippen molar-refractivity contribution < 1.29 is 14.6 Å². The Kier molecular flexibility index (Phi) is 5.86. The molecule has 122 valence electrons. The quantitative estimate of drug-likeness (QED) is 0.686. The Bertz CT molecular complexity index is 654. The highest BCUT2D eigenvalue weighted by Crippen LogP contribution is 2.22. The largest absolute Gasteiger partial charge is 0.508 e. The number of nitrogens with two attached hydrogens (primary N) is 1. The molecule has 2 aromatic carbocycles. The van der Waals surface area contributed by atoms with Gasteiger partial charge in [0.1, 0.15) is 11.5 Å². The predicted molar refractivity (Wildman–Crippen MR) is 90.8 cm³/mol. The van der Waals surface area contributed by atoms with Crippen molar-refractivity contribution in [2.24, 2.45) is 0 Å². The fourth-order valence-corrected chi connectivity index (χ4v) is 2.12. The van der Waals surface area contributed by atoms with E-state index in [0.29, 0.717) is 36.6 Å². The number of aromatic hydroxyl groups is 1. The molecule has 1 amide bonds. The summed E-state index contributed by atoms with van der Waals surface area (Å²) in [5.41, 5.74) is 7.93. The molecule has 0 fully saturated rings. The van der Waals surface area contributed by atoms with Gasteiger partial charge in [-0.2, -0.15) is 0 Å². The van der Waals surface area contributed by atoms with Crippen molar-refractivity contribution in [3.05, 3.63) is 53.6 Å². The van der Waals surface area contributed by atoms with Crippen molar-refractivity contribution in [2.75, 3.05) is 18.9 Å². The van der Waals surface area contributed by atoms with Crippen molar-refractivity contribution >= 4 is 11.6 Å². The van der Waals surface area contributed by atoms with E-state index in [1.165, 1.54) is 0 Å².